The van der Waals surface area contributed by atoms with Crippen LogP contribution in [0.4, 0.5) is 52.7 Å². The average Bonchev–Trinajstić information content (AvgIpc) is 2.34. The minimum atomic E-state index is -5.46. The Balaban J connectivity index is -0.000000411. The van der Waals surface area contributed by atoms with E-state index in [-0.39, 0.29) is 17.1 Å². The predicted molar refractivity (Wildman–Crippen MR) is 50.4 cm³/mol. The molecule has 1 radical (unpaired) electrons. The standard InChI is InChI=1S/2C5H2F6O2.Cu/c2*6-4(7,8)2(12)1-3(13)5(9,10)11;/h2*1,12H;/q;;+2/p-2/b2*2-1-;. The third kappa shape index (κ3) is 13.0. The van der Waals surface area contributed by atoms with Crippen LogP contribution in [0.3, 0.4) is 0 Å². The number of rotatable bonds is 2. The van der Waals surface area contributed by atoms with E-state index < -0.39 is 59.9 Å². The van der Waals surface area contributed by atoms with E-state index in [0.29, 0.717) is 0 Å². The van der Waals surface area contributed by atoms with E-state index in [4.69, 9.17) is 0 Å². The van der Waals surface area contributed by atoms with Gasteiger partial charge in [0.1, 0.15) is 0 Å². The molecule has 17 heteroatoms. The van der Waals surface area contributed by atoms with Crippen LogP contribution in [0, 0.1) is 0 Å². The number of hydrogen-bond acceptors (Lipinski definition) is 4. The maximum absolute atomic E-state index is 11.3. The van der Waals surface area contributed by atoms with Crippen LogP contribution in [0.25, 0.3) is 0 Å². The van der Waals surface area contributed by atoms with Crippen molar-refractivity contribution in [2.75, 3.05) is 0 Å². The fraction of sp³-hybridized carbons (Fsp3) is 0.400. The average molecular weight is 478 g/mol. The molecule has 0 unspecified atom stereocenters. The Morgan fingerprint density at radius 3 is 0.815 bits per heavy atom. The van der Waals surface area contributed by atoms with Gasteiger partial charge in [-0.15, -0.1) is 0 Å². The van der Waals surface area contributed by atoms with E-state index in [9.17, 15) is 72.5 Å². The van der Waals surface area contributed by atoms with Gasteiger partial charge in [0.15, 0.2) is 0 Å². The van der Waals surface area contributed by atoms with Gasteiger partial charge in [0.05, 0.1) is 0 Å². The fourth-order valence-corrected chi connectivity index (χ4v) is 0.565. The second kappa shape index (κ2) is 9.87. The quantitative estimate of drug-likeness (QED) is 0.263. The number of carbonyl (C=O) groups is 2. The number of carbonyl (C=O) groups excluding carboxylic acids is 2. The van der Waals surface area contributed by atoms with Crippen molar-refractivity contribution in [2.45, 2.75) is 24.7 Å². The van der Waals surface area contributed by atoms with Crippen molar-refractivity contribution < 1.29 is 89.6 Å². The molecular weight excluding hydrogens is 476 g/mol. The molecule has 0 saturated carbocycles. The van der Waals surface area contributed by atoms with Gasteiger partial charge in [-0.1, -0.05) is 0 Å². The van der Waals surface area contributed by atoms with Crippen molar-refractivity contribution in [1.29, 1.82) is 0 Å². The summed E-state index contributed by atoms with van der Waals surface area (Å²) in [5, 5.41) is 19.6. The second-order valence-electron chi connectivity index (χ2n) is 3.74. The maximum Gasteiger partial charge on any atom is 2.00 e. The molecule has 0 spiro atoms. The minimum absolute atomic E-state index is 0. The van der Waals surface area contributed by atoms with E-state index >= 15 is 0 Å². The van der Waals surface area contributed by atoms with Gasteiger partial charge in [-0.25, -0.2) is 0 Å². The summed E-state index contributed by atoms with van der Waals surface area (Å²) >= 11 is 0. The molecule has 0 rings (SSSR count). The summed E-state index contributed by atoms with van der Waals surface area (Å²) in [6.45, 7) is 0. The zero-order valence-electron chi connectivity index (χ0n) is 11.6. The molecule has 0 fully saturated rings. The largest absolute Gasteiger partial charge is 2.00 e. The van der Waals surface area contributed by atoms with Crippen molar-refractivity contribution in [3.05, 3.63) is 23.7 Å². The first kappa shape index (κ1) is 29.8. The van der Waals surface area contributed by atoms with Crippen LogP contribution in [0.1, 0.15) is 0 Å². The molecule has 0 aromatic heterocycles. The zero-order chi connectivity index (χ0) is 21.7. The zero-order valence-corrected chi connectivity index (χ0v) is 12.6. The van der Waals surface area contributed by atoms with Gasteiger partial charge < -0.3 is 10.2 Å². The summed E-state index contributed by atoms with van der Waals surface area (Å²) in [6.07, 6.45) is -23.9. The molecule has 0 bridgehead atoms. The second-order valence-corrected chi connectivity index (χ2v) is 3.74. The van der Waals surface area contributed by atoms with Crippen LogP contribution in [0.15, 0.2) is 23.7 Å². The van der Waals surface area contributed by atoms with Gasteiger partial charge in [-0.3, -0.25) is 9.59 Å². The van der Waals surface area contributed by atoms with Gasteiger partial charge >= 0.3 is 41.8 Å². The molecule has 4 nitrogen and oxygen atoms in total. The first-order chi connectivity index (χ1) is 11.1. The Hall–Kier alpha value is -1.90. The van der Waals surface area contributed by atoms with E-state index in [1.807, 2.05) is 0 Å². The molecule has 27 heavy (non-hydrogen) atoms. The Bertz CT molecular complexity index is 527. The monoisotopic (exact) mass is 477 g/mol. The Labute approximate surface area is 150 Å². The van der Waals surface area contributed by atoms with Crippen LogP contribution in [0.5, 0.6) is 0 Å². The van der Waals surface area contributed by atoms with Crippen LogP contribution in [-0.4, -0.2) is 36.3 Å². The van der Waals surface area contributed by atoms with E-state index in [1.165, 1.54) is 0 Å². The molecule has 0 aromatic rings. The Morgan fingerprint density at radius 1 is 0.519 bits per heavy atom. The number of allylic oxidation sites excluding steroid dienone is 4. The van der Waals surface area contributed by atoms with Gasteiger partial charge in [0.25, 0.3) is 11.6 Å². The number of halogens is 12. The van der Waals surface area contributed by atoms with Crippen LogP contribution < -0.4 is 10.2 Å². The third-order valence-electron chi connectivity index (χ3n) is 1.64. The number of hydrogen-bond donors (Lipinski definition) is 0. The van der Waals surface area contributed by atoms with E-state index in [2.05, 4.69) is 0 Å². The number of ketones is 2. The summed E-state index contributed by atoms with van der Waals surface area (Å²) in [5.74, 6) is -11.3. The first-order valence-electron chi connectivity index (χ1n) is 5.24. The van der Waals surface area contributed by atoms with Gasteiger partial charge in [-0.2, -0.15) is 52.7 Å². The minimum Gasteiger partial charge on any atom is -0.869 e. The van der Waals surface area contributed by atoms with Crippen LogP contribution in [-0.2, 0) is 26.7 Å². The van der Waals surface area contributed by atoms with Gasteiger partial charge in [-0.05, 0) is 23.7 Å². The molecule has 0 saturated heterocycles. The molecule has 0 aliphatic rings. The van der Waals surface area contributed by atoms with E-state index in [0.717, 1.165) is 0 Å². The molecule has 0 N–H and O–H groups in total. The maximum atomic E-state index is 11.3. The summed E-state index contributed by atoms with van der Waals surface area (Å²) in [5.41, 5.74) is 0. The third-order valence-corrected chi connectivity index (χ3v) is 1.64. The molecule has 0 aliphatic heterocycles. The summed E-state index contributed by atoms with van der Waals surface area (Å²) < 4.78 is 136. The molecule has 0 heterocycles. The predicted octanol–water partition coefficient (Wildman–Crippen LogP) is 1.85. The molecule has 0 aromatic carbocycles. The van der Waals surface area contributed by atoms with Crippen molar-refractivity contribution in [1.82, 2.24) is 0 Å². The van der Waals surface area contributed by atoms with Crippen molar-refractivity contribution in [2.24, 2.45) is 0 Å². The summed E-state index contributed by atoms with van der Waals surface area (Å²) in [7, 11) is 0. The van der Waals surface area contributed by atoms with Crippen molar-refractivity contribution >= 4 is 11.6 Å². The summed E-state index contributed by atoms with van der Waals surface area (Å²) in [6, 6.07) is 0. The van der Waals surface area contributed by atoms with Crippen LogP contribution in [0.2, 0.25) is 0 Å². The summed E-state index contributed by atoms with van der Waals surface area (Å²) in [4.78, 5) is 19.6. The molecule has 161 valence electrons. The van der Waals surface area contributed by atoms with Crippen molar-refractivity contribution in [3.8, 4) is 0 Å². The molecule has 0 aliphatic carbocycles. The van der Waals surface area contributed by atoms with Gasteiger partial charge in [0, 0.05) is 0 Å². The molecular formula is C10H2CuF12O4. The normalized spacial score (nSPS) is 13.9. The van der Waals surface area contributed by atoms with E-state index in [1.54, 1.807) is 0 Å². The molecule has 0 amide bonds. The Kier molecular flexibility index (Phi) is 10.9. The van der Waals surface area contributed by atoms with Gasteiger partial charge in [0.2, 0.25) is 0 Å². The SMILES string of the molecule is O=C(/C=C(\[O-])C(F)(F)F)C(F)(F)F.O=C(/C=C(\[O-])C(F)(F)F)C(F)(F)F.[Cu+2]. The molecule has 0 atom stereocenters. The Morgan fingerprint density at radius 2 is 0.704 bits per heavy atom. The number of alkyl halides is 12. The first-order valence-corrected chi connectivity index (χ1v) is 5.24. The smallest absolute Gasteiger partial charge is 0.869 e. The van der Waals surface area contributed by atoms with Crippen LogP contribution >= 0.6 is 0 Å². The van der Waals surface area contributed by atoms with Crippen molar-refractivity contribution in [3.63, 3.8) is 0 Å². The fourth-order valence-electron chi connectivity index (χ4n) is 0.565. The topological polar surface area (TPSA) is 80.3 Å².